The van der Waals surface area contributed by atoms with Gasteiger partial charge in [-0.3, -0.25) is 9.59 Å². The van der Waals surface area contributed by atoms with Crippen molar-refractivity contribution in [1.82, 2.24) is 9.62 Å². The second-order valence-corrected chi connectivity index (χ2v) is 11.9. The molecule has 0 spiro atoms. The third-order valence-corrected chi connectivity index (χ3v) is 9.08. The van der Waals surface area contributed by atoms with Crippen LogP contribution in [-0.4, -0.2) is 50.2 Å². The van der Waals surface area contributed by atoms with Crippen LogP contribution in [0.4, 0.5) is 5.69 Å². The molecule has 2 heterocycles. The number of carbonyl (C=O) groups is 2. The maximum Gasteiger partial charge on any atom is 0.243 e. The highest BCUT2D eigenvalue weighted by atomic mass is 32.2. The van der Waals surface area contributed by atoms with E-state index in [9.17, 15) is 18.0 Å². The molecule has 0 unspecified atom stereocenters. The van der Waals surface area contributed by atoms with Crippen molar-refractivity contribution in [2.45, 2.75) is 88.0 Å². The van der Waals surface area contributed by atoms with E-state index in [0.717, 1.165) is 38.5 Å². The zero-order valence-corrected chi connectivity index (χ0v) is 20.0. The van der Waals surface area contributed by atoms with Crippen molar-refractivity contribution in [2.24, 2.45) is 0 Å². The summed E-state index contributed by atoms with van der Waals surface area (Å²) in [5.74, 6) is -0.322. The summed E-state index contributed by atoms with van der Waals surface area (Å²) in [4.78, 5) is 27.8. The van der Waals surface area contributed by atoms with E-state index in [2.05, 4.69) is 5.32 Å². The molecule has 2 aliphatic heterocycles. The molecule has 176 valence electrons. The lowest BCUT2D eigenvalue weighted by molar-refractivity contribution is -0.126. The van der Waals surface area contributed by atoms with Gasteiger partial charge in [0.25, 0.3) is 0 Å². The Hall–Kier alpha value is -1.93. The number of carbonyl (C=O) groups excluding carboxylic acids is 2. The van der Waals surface area contributed by atoms with Crippen molar-refractivity contribution in [1.29, 1.82) is 0 Å². The molecule has 8 heteroatoms. The number of rotatable bonds is 5. The molecule has 2 fully saturated rings. The summed E-state index contributed by atoms with van der Waals surface area (Å²) in [7, 11) is -3.57. The van der Waals surface area contributed by atoms with Crippen LogP contribution >= 0.6 is 0 Å². The highest BCUT2D eigenvalue weighted by molar-refractivity contribution is 7.89. The summed E-state index contributed by atoms with van der Waals surface area (Å²) < 4.78 is 27.6. The van der Waals surface area contributed by atoms with Crippen LogP contribution in [0.25, 0.3) is 0 Å². The van der Waals surface area contributed by atoms with Crippen molar-refractivity contribution < 1.29 is 18.0 Å². The fourth-order valence-corrected chi connectivity index (χ4v) is 6.77. The van der Waals surface area contributed by atoms with Gasteiger partial charge in [0.05, 0.1) is 10.3 Å². The van der Waals surface area contributed by atoms with Crippen LogP contribution in [0.2, 0.25) is 0 Å². The van der Waals surface area contributed by atoms with E-state index in [4.69, 9.17) is 0 Å². The van der Waals surface area contributed by atoms with Gasteiger partial charge in [0, 0.05) is 24.8 Å². The normalized spacial score (nSPS) is 22.4. The number of sulfonamides is 1. The van der Waals surface area contributed by atoms with Gasteiger partial charge in [0.15, 0.2) is 0 Å². The molecule has 1 aliphatic carbocycles. The van der Waals surface area contributed by atoms with Crippen LogP contribution in [0.1, 0.15) is 77.2 Å². The molecule has 1 aromatic carbocycles. The third kappa shape index (κ3) is 4.44. The van der Waals surface area contributed by atoms with Gasteiger partial charge in [0.1, 0.15) is 6.54 Å². The summed E-state index contributed by atoms with van der Waals surface area (Å²) >= 11 is 0. The van der Waals surface area contributed by atoms with E-state index < -0.39 is 15.4 Å². The number of nitrogens with one attached hydrogen (secondary N) is 1. The predicted molar refractivity (Wildman–Crippen MR) is 124 cm³/mol. The highest BCUT2D eigenvalue weighted by Crippen LogP contribution is 2.42. The highest BCUT2D eigenvalue weighted by Gasteiger charge is 2.45. The first-order valence-corrected chi connectivity index (χ1v) is 13.4. The maximum atomic E-state index is 13.2. The first-order valence-electron chi connectivity index (χ1n) is 12.0. The fourth-order valence-electron chi connectivity index (χ4n) is 5.23. The molecule has 1 N–H and O–H groups in total. The Balaban J connectivity index is 1.53. The van der Waals surface area contributed by atoms with Gasteiger partial charge in [-0.2, -0.15) is 4.31 Å². The molecule has 4 rings (SSSR count). The quantitative estimate of drug-likeness (QED) is 0.729. The van der Waals surface area contributed by atoms with Crippen molar-refractivity contribution >= 4 is 27.5 Å². The minimum atomic E-state index is -3.57. The van der Waals surface area contributed by atoms with Crippen LogP contribution in [0, 0.1) is 0 Å². The number of amides is 2. The number of fused-ring (bicyclic) bond motifs is 1. The molecule has 3 aliphatic rings. The minimum absolute atomic E-state index is 0.0377. The van der Waals surface area contributed by atoms with Gasteiger partial charge in [-0.05, 0) is 63.3 Å². The van der Waals surface area contributed by atoms with Crippen molar-refractivity contribution in [3.63, 3.8) is 0 Å². The molecule has 1 aromatic rings. The number of hydrogen-bond donors (Lipinski definition) is 1. The van der Waals surface area contributed by atoms with Gasteiger partial charge in [-0.15, -0.1) is 0 Å². The average Bonchev–Trinajstić information content (AvgIpc) is 3.33. The topological polar surface area (TPSA) is 86.8 Å². The summed E-state index contributed by atoms with van der Waals surface area (Å²) in [5, 5.41) is 3.13. The zero-order chi connectivity index (χ0) is 22.9. The Morgan fingerprint density at radius 1 is 1.03 bits per heavy atom. The monoisotopic (exact) mass is 461 g/mol. The molecule has 7 nitrogen and oxygen atoms in total. The molecule has 1 saturated carbocycles. The number of nitrogens with zero attached hydrogens (tertiary/aromatic N) is 2. The van der Waals surface area contributed by atoms with E-state index in [1.807, 2.05) is 0 Å². The Morgan fingerprint density at radius 2 is 1.66 bits per heavy atom. The van der Waals surface area contributed by atoms with Gasteiger partial charge < -0.3 is 10.2 Å². The number of benzene rings is 1. The molecule has 32 heavy (non-hydrogen) atoms. The second kappa shape index (κ2) is 9.14. The van der Waals surface area contributed by atoms with E-state index in [-0.39, 0.29) is 29.3 Å². The Kier molecular flexibility index (Phi) is 6.63. The first kappa shape index (κ1) is 23.2. The third-order valence-electron chi connectivity index (χ3n) is 7.19. The lowest BCUT2D eigenvalue weighted by atomic mass is 9.86. The second-order valence-electron chi connectivity index (χ2n) is 9.92. The van der Waals surface area contributed by atoms with Crippen LogP contribution in [-0.2, 0) is 25.0 Å². The standard InChI is InChI=1S/C24H35N3O4S/c1-24(2)20-16-19(32(30,31)26-14-8-9-15-26)12-13-21(20)27(23(24)29)17-22(28)25-18-10-6-4-3-5-7-11-18/h12-13,16,18H,3-11,14-15,17H2,1-2H3,(H,25,28). The van der Waals surface area contributed by atoms with Crippen LogP contribution < -0.4 is 10.2 Å². The van der Waals surface area contributed by atoms with Crippen LogP contribution in [0.3, 0.4) is 0 Å². The smallest absolute Gasteiger partial charge is 0.243 e. The van der Waals surface area contributed by atoms with Gasteiger partial charge >= 0.3 is 0 Å². The molecule has 0 atom stereocenters. The Bertz CT molecular complexity index is 975. The summed E-state index contributed by atoms with van der Waals surface area (Å²) in [6, 6.07) is 5.06. The van der Waals surface area contributed by atoms with E-state index >= 15 is 0 Å². The van der Waals surface area contributed by atoms with Crippen molar-refractivity contribution in [3.05, 3.63) is 23.8 Å². The van der Waals surface area contributed by atoms with Crippen molar-refractivity contribution in [3.8, 4) is 0 Å². The molecule has 0 bridgehead atoms. The summed E-state index contributed by atoms with van der Waals surface area (Å²) in [6.45, 7) is 4.63. The fraction of sp³-hybridized carbons (Fsp3) is 0.667. The minimum Gasteiger partial charge on any atom is -0.352 e. The van der Waals surface area contributed by atoms with E-state index in [1.54, 1.807) is 32.0 Å². The maximum absolute atomic E-state index is 13.2. The molecule has 0 aromatic heterocycles. The lowest BCUT2D eigenvalue weighted by Crippen LogP contribution is -2.45. The van der Waals surface area contributed by atoms with E-state index in [1.165, 1.54) is 28.5 Å². The van der Waals surface area contributed by atoms with Crippen LogP contribution in [0.5, 0.6) is 0 Å². The van der Waals surface area contributed by atoms with Gasteiger partial charge in [-0.25, -0.2) is 8.42 Å². The molecular weight excluding hydrogens is 426 g/mol. The van der Waals surface area contributed by atoms with Crippen molar-refractivity contribution in [2.75, 3.05) is 24.5 Å². The summed E-state index contributed by atoms with van der Waals surface area (Å²) in [6.07, 6.45) is 9.65. The lowest BCUT2D eigenvalue weighted by Gasteiger charge is -2.24. The largest absolute Gasteiger partial charge is 0.352 e. The number of hydrogen-bond acceptors (Lipinski definition) is 4. The SMILES string of the molecule is CC1(C)C(=O)N(CC(=O)NC2CCCCCCC2)c2ccc(S(=O)(=O)N3CCCC3)cc21. The van der Waals surface area contributed by atoms with Crippen LogP contribution in [0.15, 0.2) is 23.1 Å². The first-order chi connectivity index (χ1) is 15.2. The van der Waals surface area contributed by atoms with Gasteiger partial charge in [-0.1, -0.05) is 32.1 Å². The molecule has 0 radical (unpaired) electrons. The molecule has 1 saturated heterocycles. The zero-order valence-electron chi connectivity index (χ0n) is 19.2. The predicted octanol–water partition coefficient (Wildman–Crippen LogP) is 3.32. The molecule has 2 amide bonds. The summed E-state index contributed by atoms with van der Waals surface area (Å²) in [5.41, 5.74) is 0.418. The Labute approximate surface area is 191 Å². The van der Waals surface area contributed by atoms with E-state index in [0.29, 0.717) is 24.3 Å². The van der Waals surface area contributed by atoms with Gasteiger partial charge in [0.2, 0.25) is 21.8 Å². The Morgan fingerprint density at radius 3 is 2.31 bits per heavy atom. The molecular formula is C24H35N3O4S. The average molecular weight is 462 g/mol. The number of anilines is 1.